The number of alkyl halides is 3. The van der Waals surface area contributed by atoms with Gasteiger partial charge in [-0.25, -0.2) is 8.42 Å². The fourth-order valence-corrected chi connectivity index (χ4v) is 3.56. The van der Waals surface area contributed by atoms with E-state index in [4.69, 9.17) is 0 Å². The molecule has 0 aromatic heterocycles. The lowest BCUT2D eigenvalue weighted by molar-refractivity contribution is -0.0436. The normalized spacial score (nSPS) is 19.3. The van der Waals surface area contributed by atoms with Gasteiger partial charge in [-0.1, -0.05) is 0 Å². The van der Waals surface area contributed by atoms with Crippen molar-refractivity contribution in [1.82, 2.24) is 10.2 Å². The van der Waals surface area contributed by atoms with Crippen LogP contribution in [-0.2, 0) is 9.84 Å². The van der Waals surface area contributed by atoms with Gasteiger partial charge in [0.2, 0.25) is 0 Å². The lowest BCUT2D eigenvalue weighted by Gasteiger charge is -2.32. The van der Waals surface area contributed by atoms with Crippen molar-refractivity contribution in [3.05, 3.63) is 29.8 Å². The number of nitrogens with zero attached hydrogens (tertiary/aromatic N) is 1. The van der Waals surface area contributed by atoms with Gasteiger partial charge in [0.1, 0.15) is 0 Å². The molecule has 24 heavy (non-hydrogen) atoms. The predicted octanol–water partition coefficient (Wildman–Crippen LogP) is 2.05. The number of sulfone groups is 1. The first-order valence-electron chi connectivity index (χ1n) is 7.52. The van der Waals surface area contributed by atoms with E-state index in [1.54, 1.807) is 4.90 Å². The molecule has 134 valence electrons. The van der Waals surface area contributed by atoms with Gasteiger partial charge in [0.25, 0.3) is 15.7 Å². The number of piperidine rings is 1. The third-order valence-corrected chi connectivity index (χ3v) is 5.52. The van der Waals surface area contributed by atoms with Gasteiger partial charge in [-0.3, -0.25) is 4.79 Å². The minimum absolute atomic E-state index is 0.182. The molecular formula is C15H19F3N2O3S. The average Bonchev–Trinajstić information content (AvgIpc) is 2.54. The van der Waals surface area contributed by atoms with Crippen molar-refractivity contribution in [3.8, 4) is 0 Å². The van der Waals surface area contributed by atoms with Crippen LogP contribution in [0.2, 0.25) is 0 Å². The monoisotopic (exact) mass is 364 g/mol. The van der Waals surface area contributed by atoms with Crippen LogP contribution in [0.3, 0.4) is 0 Å². The molecule has 1 aliphatic heterocycles. The van der Waals surface area contributed by atoms with E-state index >= 15 is 0 Å². The topological polar surface area (TPSA) is 66.5 Å². The average molecular weight is 364 g/mol. The van der Waals surface area contributed by atoms with Gasteiger partial charge in [-0.2, -0.15) is 13.2 Å². The minimum atomic E-state index is -5.39. The van der Waals surface area contributed by atoms with Crippen molar-refractivity contribution < 1.29 is 26.4 Å². The summed E-state index contributed by atoms with van der Waals surface area (Å²) in [5.74, 6) is 0.0318. The minimum Gasteiger partial charge on any atom is -0.338 e. The van der Waals surface area contributed by atoms with E-state index in [1.807, 2.05) is 7.05 Å². The number of carbonyl (C=O) groups is 1. The smallest absolute Gasteiger partial charge is 0.338 e. The van der Waals surface area contributed by atoms with Crippen LogP contribution >= 0.6 is 0 Å². The van der Waals surface area contributed by atoms with Crippen molar-refractivity contribution in [3.63, 3.8) is 0 Å². The van der Waals surface area contributed by atoms with Crippen LogP contribution in [0.1, 0.15) is 23.2 Å². The summed E-state index contributed by atoms with van der Waals surface area (Å²) in [5, 5.41) is 3.06. The van der Waals surface area contributed by atoms with Gasteiger partial charge in [-0.05, 0) is 56.6 Å². The maximum Gasteiger partial charge on any atom is 0.501 e. The van der Waals surface area contributed by atoms with E-state index in [0.717, 1.165) is 43.7 Å². The lowest BCUT2D eigenvalue weighted by atomic mass is 9.97. The highest BCUT2D eigenvalue weighted by molar-refractivity contribution is 7.92. The standard InChI is InChI=1S/C15H19F3N2O3S/c1-19-9-11-3-2-8-20(10-11)14(21)12-4-6-13(7-5-12)24(22,23)15(16,17)18/h4-7,11,19H,2-3,8-10H2,1H3/t11-/m0/s1. The summed E-state index contributed by atoms with van der Waals surface area (Å²) >= 11 is 0. The number of halogens is 3. The Hall–Kier alpha value is -1.61. The molecule has 0 radical (unpaired) electrons. The highest BCUT2D eigenvalue weighted by Crippen LogP contribution is 2.30. The third-order valence-electron chi connectivity index (χ3n) is 4.02. The maximum absolute atomic E-state index is 12.5. The molecule has 0 bridgehead atoms. The fraction of sp³-hybridized carbons (Fsp3) is 0.533. The largest absolute Gasteiger partial charge is 0.501 e. The number of hydrogen-bond donors (Lipinski definition) is 1. The molecule has 1 heterocycles. The quantitative estimate of drug-likeness (QED) is 0.888. The molecule has 0 aliphatic carbocycles. The van der Waals surface area contributed by atoms with E-state index in [9.17, 15) is 26.4 Å². The van der Waals surface area contributed by atoms with Crippen molar-refractivity contribution in [2.24, 2.45) is 5.92 Å². The zero-order valence-electron chi connectivity index (χ0n) is 13.1. The summed E-state index contributed by atoms with van der Waals surface area (Å²) in [6.07, 6.45) is 1.87. The van der Waals surface area contributed by atoms with E-state index in [-0.39, 0.29) is 11.5 Å². The molecule has 0 unspecified atom stereocenters. The lowest BCUT2D eigenvalue weighted by Crippen LogP contribution is -2.42. The van der Waals surface area contributed by atoms with Crippen LogP contribution in [-0.4, -0.2) is 51.4 Å². The summed E-state index contributed by atoms with van der Waals surface area (Å²) < 4.78 is 60.2. The number of amides is 1. The molecule has 1 aliphatic rings. The number of nitrogens with one attached hydrogen (secondary N) is 1. The van der Waals surface area contributed by atoms with Crippen LogP contribution in [0.5, 0.6) is 0 Å². The van der Waals surface area contributed by atoms with E-state index in [1.165, 1.54) is 0 Å². The summed E-state index contributed by atoms with van der Waals surface area (Å²) in [6.45, 7) is 1.94. The Morgan fingerprint density at radius 2 is 1.92 bits per heavy atom. The van der Waals surface area contributed by atoms with E-state index in [0.29, 0.717) is 19.0 Å². The van der Waals surface area contributed by atoms with Crippen LogP contribution in [0, 0.1) is 5.92 Å². The summed E-state index contributed by atoms with van der Waals surface area (Å²) in [5.41, 5.74) is -5.17. The summed E-state index contributed by atoms with van der Waals surface area (Å²) in [6, 6.07) is 3.90. The number of rotatable bonds is 4. The van der Waals surface area contributed by atoms with Gasteiger partial charge >= 0.3 is 5.51 Å². The van der Waals surface area contributed by atoms with Crippen molar-refractivity contribution in [2.45, 2.75) is 23.2 Å². The Balaban J connectivity index is 2.15. The summed E-state index contributed by atoms with van der Waals surface area (Å²) in [7, 11) is -3.56. The second-order valence-electron chi connectivity index (χ2n) is 5.79. The first-order valence-corrected chi connectivity index (χ1v) is 9.00. The SMILES string of the molecule is CNC[C@@H]1CCCN(C(=O)c2ccc(S(=O)(=O)C(F)(F)F)cc2)C1. The van der Waals surface area contributed by atoms with Gasteiger partial charge in [0.15, 0.2) is 0 Å². The number of carbonyl (C=O) groups excluding carboxylic acids is 1. The maximum atomic E-state index is 12.5. The summed E-state index contributed by atoms with van der Waals surface area (Å²) in [4.78, 5) is 13.2. The molecule has 0 spiro atoms. The third kappa shape index (κ3) is 3.89. The van der Waals surface area contributed by atoms with Crippen LogP contribution in [0.15, 0.2) is 29.2 Å². The second-order valence-corrected chi connectivity index (χ2v) is 7.73. The highest BCUT2D eigenvalue weighted by Gasteiger charge is 2.46. The van der Waals surface area contributed by atoms with Crippen molar-refractivity contribution >= 4 is 15.7 Å². The van der Waals surface area contributed by atoms with Crippen LogP contribution < -0.4 is 5.32 Å². The molecule has 1 N–H and O–H groups in total. The second kappa shape index (κ2) is 7.10. The Labute approximate surface area is 138 Å². The molecule has 1 aromatic carbocycles. The Kier molecular flexibility index (Phi) is 5.54. The number of hydrogen-bond acceptors (Lipinski definition) is 4. The molecule has 5 nitrogen and oxygen atoms in total. The Morgan fingerprint density at radius 1 is 1.29 bits per heavy atom. The Morgan fingerprint density at radius 3 is 2.46 bits per heavy atom. The van der Waals surface area contributed by atoms with Gasteiger partial charge in [0, 0.05) is 18.7 Å². The Bertz CT molecular complexity index is 685. The van der Waals surface area contributed by atoms with Crippen molar-refractivity contribution in [2.75, 3.05) is 26.7 Å². The first-order chi connectivity index (χ1) is 11.2. The van der Waals surface area contributed by atoms with E-state index < -0.39 is 20.2 Å². The van der Waals surface area contributed by atoms with Crippen molar-refractivity contribution in [1.29, 1.82) is 0 Å². The molecule has 1 amide bonds. The number of benzene rings is 1. The van der Waals surface area contributed by atoms with E-state index in [2.05, 4.69) is 5.32 Å². The predicted molar refractivity (Wildman–Crippen MR) is 82.2 cm³/mol. The zero-order valence-corrected chi connectivity index (χ0v) is 14.0. The van der Waals surface area contributed by atoms with Gasteiger partial charge in [0.05, 0.1) is 4.90 Å². The fourth-order valence-electron chi connectivity index (χ4n) is 2.80. The molecule has 9 heteroatoms. The zero-order chi connectivity index (χ0) is 18.0. The molecule has 1 aromatic rings. The molecule has 1 fully saturated rings. The van der Waals surface area contributed by atoms with Crippen LogP contribution in [0.4, 0.5) is 13.2 Å². The molecule has 1 saturated heterocycles. The van der Waals surface area contributed by atoms with Gasteiger partial charge < -0.3 is 10.2 Å². The molecule has 2 rings (SSSR count). The highest BCUT2D eigenvalue weighted by atomic mass is 32.2. The molecule has 1 atom stereocenters. The molecular weight excluding hydrogens is 345 g/mol. The first kappa shape index (κ1) is 18.7. The van der Waals surface area contributed by atoms with Gasteiger partial charge in [-0.15, -0.1) is 0 Å². The number of likely N-dealkylation sites (tertiary alicyclic amines) is 1. The van der Waals surface area contributed by atoms with Crippen LogP contribution in [0.25, 0.3) is 0 Å². The molecule has 0 saturated carbocycles.